The molecule has 2 heterocycles. The van der Waals surface area contributed by atoms with Gasteiger partial charge in [0, 0.05) is 33.3 Å². The quantitative estimate of drug-likeness (QED) is 0.729. The number of hydrogen-bond donors (Lipinski definition) is 2. The standard InChI is InChI=1S/C11H23N3O3S/c1-9-3-5-14(6-4-9)18(15,16)13-10-7-12-8-11(10)17-2/h9-13H,3-8H2,1-2H3/t10?,11-/m0/s1. The summed E-state index contributed by atoms with van der Waals surface area (Å²) in [5, 5.41) is 3.14. The SMILES string of the molecule is CO[C@H]1CNCC1NS(=O)(=O)N1CCC(C)CC1. The van der Waals surface area contributed by atoms with Gasteiger partial charge in [-0.3, -0.25) is 0 Å². The number of ether oxygens (including phenoxy) is 1. The summed E-state index contributed by atoms with van der Waals surface area (Å²) in [4.78, 5) is 0. The molecule has 0 amide bonds. The van der Waals surface area contributed by atoms with Crippen LogP contribution in [-0.4, -0.2) is 58.2 Å². The van der Waals surface area contributed by atoms with E-state index in [1.807, 2.05) is 0 Å². The predicted octanol–water partition coefficient (Wildman–Crippen LogP) is -0.460. The smallest absolute Gasteiger partial charge is 0.279 e. The highest BCUT2D eigenvalue weighted by molar-refractivity contribution is 7.87. The molecule has 0 spiro atoms. The van der Waals surface area contributed by atoms with Crippen LogP contribution in [0.5, 0.6) is 0 Å². The van der Waals surface area contributed by atoms with Crippen molar-refractivity contribution in [2.75, 3.05) is 33.3 Å². The van der Waals surface area contributed by atoms with E-state index in [0.717, 1.165) is 12.8 Å². The van der Waals surface area contributed by atoms with Gasteiger partial charge in [0.2, 0.25) is 0 Å². The average Bonchev–Trinajstić information content (AvgIpc) is 2.76. The van der Waals surface area contributed by atoms with E-state index in [0.29, 0.717) is 32.1 Å². The number of rotatable bonds is 4. The van der Waals surface area contributed by atoms with Gasteiger partial charge < -0.3 is 10.1 Å². The molecular weight excluding hydrogens is 254 g/mol. The third kappa shape index (κ3) is 3.21. The first kappa shape index (κ1) is 14.2. The van der Waals surface area contributed by atoms with E-state index in [4.69, 9.17) is 4.74 Å². The van der Waals surface area contributed by atoms with E-state index >= 15 is 0 Å². The molecule has 0 bridgehead atoms. The van der Waals surface area contributed by atoms with Crippen LogP contribution in [0.25, 0.3) is 0 Å². The van der Waals surface area contributed by atoms with Crippen LogP contribution in [0.15, 0.2) is 0 Å². The van der Waals surface area contributed by atoms with Gasteiger partial charge in [-0.05, 0) is 18.8 Å². The molecule has 2 atom stereocenters. The predicted molar refractivity (Wildman–Crippen MR) is 69.5 cm³/mol. The van der Waals surface area contributed by atoms with Gasteiger partial charge in [-0.1, -0.05) is 6.92 Å². The van der Waals surface area contributed by atoms with E-state index in [1.54, 1.807) is 11.4 Å². The lowest BCUT2D eigenvalue weighted by Crippen LogP contribution is -2.51. The van der Waals surface area contributed by atoms with Crippen molar-refractivity contribution in [1.82, 2.24) is 14.3 Å². The highest BCUT2D eigenvalue weighted by Gasteiger charge is 2.34. The Labute approximate surface area is 109 Å². The van der Waals surface area contributed by atoms with Crippen LogP contribution in [0.4, 0.5) is 0 Å². The van der Waals surface area contributed by atoms with Gasteiger partial charge in [0.05, 0.1) is 12.1 Å². The number of piperidine rings is 1. The Morgan fingerprint density at radius 3 is 2.56 bits per heavy atom. The lowest BCUT2D eigenvalue weighted by atomic mass is 10.0. The molecular formula is C11H23N3O3S. The minimum Gasteiger partial charge on any atom is -0.378 e. The van der Waals surface area contributed by atoms with E-state index in [-0.39, 0.29) is 12.1 Å². The molecule has 0 aromatic heterocycles. The summed E-state index contributed by atoms with van der Waals surface area (Å²) in [5.74, 6) is 0.622. The maximum absolute atomic E-state index is 12.2. The molecule has 2 N–H and O–H groups in total. The summed E-state index contributed by atoms with van der Waals surface area (Å²) >= 11 is 0. The molecule has 1 unspecified atom stereocenters. The molecule has 2 fully saturated rings. The van der Waals surface area contributed by atoms with Gasteiger partial charge in [0.15, 0.2) is 0 Å². The largest absolute Gasteiger partial charge is 0.378 e. The fraction of sp³-hybridized carbons (Fsp3) is 1.00. The maximum Gasteiger partial charge on any atom is 0.279 e. The van der Waals surface area contributed by atoms with Gasteiger partial charge in [0.25, 0.3) is 10.2 Å². The molecule has 106 valence electrons. The average molecular weight is 277 g/mol. The van der Waals surface area contributed by atoms with E-state index in [2.05, 4.69) is 17.0 Å². The second-order valence-electron chi connectivity index (χ2n) is 5.24. The zero-order chi connectivity index (χ0) is 13.2. The normalized spacial score (nSPS) is 31.9. The van der Waals surface area contributed by atoms with Crippen molar-refractivity contribution in [3.63, 3.8) is 0 Å². The molecule has 6 nitrogen and oxygen atoms in total. The lowest BCUT2D eigenvalue weighted by molar-refractivity contribution is 0.102. The first-order valence-electron chi connectivity index (χ1n) is 6.54. The number of nitrogens with one attached hydrogen (secondary N) is 2. The molecule has 0 aromatic carbocycles. The number of hydrogen-bond acceptors (Lipinski definition) is 4. The van der Waals surface area contributed by atoms with Gasteiger partial charge >= 0.3 is 0 Å². The Morgan fingerprint density at radius 1 is 1.28 bits per heavy atom. The Morgan fingerprint density at radius 2 is 1.94 bits per heavy atom. The van der Waals surface area contributed by atoms with Crippen LogP contribution in [0.1, 0.15) is 19.8 Å². The number of methoxy groups -OCH3 is 1. The second-order valence-corrected chi connectivity index (χ2v) is 6.95. The third-order valence-corrected chi connectivity index (χ3v) is 5.49. The molecule has 2 rings (SSSR count). The van der Waals surface area contributed by atoms with E-state index in [9.17, 15) is 8.42 Å². The third-order valence-electron chi connectivity index (χ3n) is 3.84. The highest BCUT2D eigenvalue weighted by Crippen LogP contribution is 2.18. The molecule has 7 heteroatoms. The van der Waals surface area contributed by atoms with Crippen LogP contribution in [-0.2, 0) is 14.9 Å². The molecule has 0 aromatic rings. The second kappa shape index (κ2) is 5.83. The zero-order valence-electron chi connectivity index (χ0n) is 11.1. The fourth-order valence-electron chi connectivity index (χ4n) is 2.51. The summed E-state index contributed by atoms with van der Waals surface area (Å²) < 4.78 is 34.1. The van der Waals surface area contributed by atoms with Crippen molar-refractivity contribution in [1.29, 1.82) is 0 Å². The Kier molecular flexibility index (Phi) is 4.60. The zero-order valence-corrected chi connectivity index (χ0v) is 11.9. The van der Waals surface area contributed by atoms with Crippen molar-refractivity contribution in [3.8, 4) is 0 Å². The summed E-state index contributed by atoms with van der Waals surface area (Å²) in [6.45, 7) is 4.73. The Hall–Kier alpha value is -0.210. The maximum atomic E-state index is 12.2. The molecule has 0 aliphatic carbocycles. The summed E-state index contributed by atoms with van der Waals surface area (Å²) in [6.07, 6.45) is 1.80. The summed E-state index contributed by atoms with van der Waals surface area (Å²) in [5.41, 5.74) is 0. The summed E-state index contributed by atoms with van der Waals surface area (Å²) in [6, 6.07) is -0.167. The molecule has 18 heavy (non-hydrogen) atoms. The monoisotopic (exact) mass is 277 g/mol. The van der Waals surface area contributed by atoms with E-state index in [1.165, 1.54) is 0 Å². The van der Waals surface area contributed by atoms with Crippen LogP contribution in [0, 0.1) is 5.92 Å². The highest BCUT2D eigenvalue weighted by atomic mass is 32.2. The van der Waals surface area contributed by atoms with Crippen LogP contribution in [0.3, 0.4) is 0 Å². The van der Waals surface area contributed by atoms with Crippen LogP contribution in [0.2, 0.25) is 0 Å². The van der Waals surface area contributed by atoms with Gasteiger partial charge in [-0.15, -0.1) is 0 Å². The fourth-order valence-corrected chi connectivity index (χ4v) is 3.97. The van der Waals surface area contributed by atoms with Crippen molar-refractivity contribution >= 4 is 10.2 Å². The molecule has 2 aliphatic heterocycles. The molecule has 0 radical (unpaired) electrons. The molecule has 0 saturated carbocycles. The van der Waals surface area contributed by atoms with E-state index < -0.39 is 10.2 Å². The lowest BCUT2D eigenvalue weighted by Gasteiger charge is -2.31. The first-order chi connectivity index (χ1) is 8.53. The van der Waals surface area contributed by atoms with Crippen molar-refractivity contribution < 1.29 is 13.2 Å². The van der Waals surface area contributed by atoms with Crippen LogP contribution < -0.4 is 10.0 Å². The first-order valence-corrected chi connectivity index (χ1v) is 7.98. The van der Waals surface area contributed by atoms with Gasteiger partial charge in [0.1, 0.15) is 0 Å². The van der Waals surface area contributed by atoms with Crippen molar-refractivity contribution in [2.45, 2.75) is 31.9 Å². The minimum absolute atomic E-state index is 0.0801. The Bertz CT molecular complexity index is 366. The van der Waals surface area contributed by atoms with Gasteiger partial charge in [-0.2, -0.15) is 17.4 Å². The molecule has 2 aliphatic rings. The summed E-state index contributed by atoms with van der Waals surface area (Å²) in [7, 11) is -1.76. The minimum atomic E-state index is -3.37. The molecule has 2 saturated heterocycles. The topological polar surface area (TPSA) is 70.7 Å². The van der Waals surface area contributed by atoms with Crippen molar-refractivity contribution in [2.24, 2.45) is 5.92 Å². The Balaban J connectivity index is 1.94. The van der Waals surface area contributed by atoms with Crippen LogP contribution >= 0.6 is 0 Å². The van der Waals surface area contributed by atoms with Gasteiger partial charge in [-0.25, -0.2) is 0 Å². The van der Waals surface area contributed by atoms with Crippen molar-refractivity contribution in [3.05, 3.63) is 0 Å². The number of nitrogens with zero attached hydrogens (tertiary/aromatic N) is 1.